The first-order chi connectivity index (χ1) is 12.5. The highest BCUT2D eigenvalue weighted by molar-refractivity contribution is 6.22. The summed E-state index contributed by atoms with van der Waals surface area (Å²) in [5.74, 6) is 0.113. The van der Waals surface area contributed by atoms with Gasteiger partial charge in [-0.2, -0.15) is 0 Å². The first-order valence-electron chi connectivity index (χ1n) is 9.06. The summed E-state index contributed by atoms with van der Waals surface area (Å²) >= 11 is 0. The van der Waals surface area contributed by atoms with E-state index in [1.165, 1.54) is 0 Å². The van der Waals surface area contributed by atoms with Crippen LogP contribution in [-0.2, 0) is 0 Å². The second-order valence-electron chi connectivity index (χ2n) is 7.31. The van der Waals surface area contributed by atoms with E-state index in [0.717, 1.165) is 59.8 Å². The van der Waals surface area contributed by atoms with Gasteiger partial charge in [0.1, 0.15) is 0 Å². The number of nitrogens with one attached hydrogen (secondary N) is 2. The predicted molar refractivity (Wildman–Crippen MR) is 109 cm³/mol. The minimum absolute atomic E-state index is 0.113. The van der Waals surface area contributed by atoms with Crippen LogP contribution in [0.4, 0.5) is 11.4 Å². The highest BCUT2D eigenvalue weighted by atomic mass is 16.1. The molecule has 0 atom stereocenters. The van der Waals surface area contributed by atoms with E-state index in [2.05, 4.69) is 72.9 Å². The Morgan fingerprint density at radius 1 is 0.692 bits per heavy atom. The van der Waals surface area contributed by atoms with Gasteiger partial charge in [0.25, 0.3) is 0 Å². The summed E-state index contributed by atoms with van der Waals surface area (Å²) in [6.07, 6.45) is 0. The lowest BCUT2D eigenvalue weighted by atomic mass is 10.0. The normalized spacial score (nSPS) is 12.5. The fraction of sp³-hybridized carbons (Fsp3) is 0.381. The van der Waals surface area contributed by atoms with Crippen LogP contribution in [0.25, 0.3) is 11.1 Å². The van der Waals surface area contributed by atoms with Crippen molar-refractivity contribution in [2.45, 2.75) is 0 Å². The van der Waals surface area contributed by atoms with Crippen LogP contribution in [0.15, 0.2) is 36.4 Å². The largest absolute Gasteiger partial charge is 0.384 e. The number of benzene rings is 2. The van der Waals surface area contributed by atoms with Gasteiger partial charge in [-0.05, 0) is 63.6 Å². The topological polar surface area (TPSA) is 47.6 Å². The van der Waals surface area contributed by atoms with E-state index >= 15 is 0 Å². The minimum atomic E-state index is 0.113. The molecule has 0 unspecified atom stereocenters. The lowest BCUT2D eigenvalue weighted by molar-refractivity contribution is 0.104. The van der Waals surface area contributed by atoms with Crippen LogP contribution in [0.5, 0.6) is 0 Å². The molecule has 0 fully saturated rings. The zero-order chi connectivity index (χ0) is 18.7. The molecule has 3 rings (SSSR count). The number of carbonyl (C=O) groups excluding carboxylic acids is 1. The van der Waals surface area contributed by atoms with E-state index in [-0.39, 0.29) is 5.78 Å². The molecule has 1 aliphatic rings. The molecule has 5 nitrogen and oxygen atoms in total. The van der Waals surface area contributed by atoms with Crippen LogP contribution in [-0.4, -0.2) is 70.0 Å². The molecule has 2 aromatic rings. The van der Waals surface area contributed by atoms with Gasteiger partial charge in [0.05, 0.1) is 0 Å². The number of rotatable bonds is 8. The van der Waals surface area contributed by atoms with Crippen molar-refractivity contribution >= 4 is 17.2 Å². The van der Waals surface area contributed by atoms with Gasteiger partial charge in [-0.25, -0.2) is 0 Å². The van der Waals surface area contributed by atoms with Crippen LogP contribution < -0.4 is 10.6 Å². The van der Waals surface area contributed by atoms with Gasteiger partial charge in [0, 0.05) is 48.7 Å². The molecule has 0 spiro atoms. The van der Waals surface area contributed by atoms with E-state index in [4.69, 9.17) is 0 Å². The summed E-state index contributed by atoms with van der Waals surface area (Å²) in [5.41, 5.74) is 5.64. The van der Waals surface area contributed by atoms with Crippen LogP contribution in [0.3, 0.4) is 0 Å². The van der Waals surface area contributed by atoms with Gasteiger partial charge in [-0.15, -0.1) is 0 Å². The molecule has 0 amide bonds. The maximum atomic E-state index is 12.9. The molecule has 1 aliphatic carbocycles. The molecule has 0 heterocycles. The zero-order valence-corrected chi connectivity index (χ0v) is 16.1. The molecule has 0 aromatic heterocycles. The van der Waals surface area contributed by atoms with E-state index in [9.17, 15) is 4.79 Å². The maximum Gasteiger partial charge on any atom is 0.194 e. The molecule has 0 aliphatic heterocycles. The summed E-state index contributed by atoms with van der Waals surface area (Å²) in [6, 6.07) is 12.2. The van der Waals surface area contributed by atoms with Crippen LogP contribution in [0, 0.1) is 0 Å². The molecular formula is C21H28N4O. The Kier molecular flexibility index (Phi) is 5.59. The van der Waals surface area contributed by atoms with Gasteiger partial charge in [0.2, 0.25) is 0 Å². The Balaban J connectivity index is 1.75. The molecule has 0 radical (unpaired) electrons. The van der Waals surface area contributed by atoms with Gasteiger partial charge in [0.15, 0.2) is 5.78 Å². The Morgan fingerprint density at radius 2 is 1.12 bits per heavy atom. The number of carbonyl (C=O) groups is 1. The van der Waals surface area contributed by atoms with Crippen molar-refractivity contribution < 1.29 is 4.79 Å². The fourth-order valence-corrected chi connectivity index (χ4v) is 3.15. The van der Waals surface area contributed by atoms with E-state index in [0.29, 0.717) is 0 Å². The van der Waals surface area contributed by atoms with E-state index in [1.807, 2.05) is 12.1 Å². The molecular weight excluding hydrogens is 324 g/mol. The molecule has 5 heteroatoms. The number of nitrogens with zero attached hydrogens (tertiary/aromatic N) is 2. The molecule has 26 heavy (non-hydrogen) atoms. The van der Waals surface area contributed by atoms with Crippen molar-refractivity contribution in [3.05, 3.63) is 47.5 Å². The van der Waals surface area contributed by atoms with Crippen molar-refractivity contribution in [3.8, 4) is 11.1 Å². The standard InChI is InChI=1S/C21H28N4O/c1-24(2)11-9-22-15-5-7-17-18-8-6-16(23-10-12-25(3)4)14-20(18)21(26)19(17)13-15/h5-8,13-14,22-23H,9-12H2,1-4H3. The second kappa shape index (κ2) is 7.89. The monoisotopic (exact) mass is 352 g/mol. The SMILES string of the molecule is CN(C)CCNc1ccc2c(c1)C(=O)c1cc(NCCN(C)C)ccc1-2. The van der Waals surface area contributed by atoms with Gasteiger partial charge in [-0.3, -0.25) is 4.79 Å². The molecule has 2 N–H and O–H groups in total. The molecule has 0 saturated carbocycles. The van der Waals surface area contributed by atoms with Crippen molar-refractivity contribution in [3.63, 3.8) is 0 Å². The van der Waals surface area contributed by atoms with Gasteiger partial charge in [-0.1, -0.05) is 12.1 Å². The van der Waals surface area contributed by atoms with E-state index < -0.39 is 0 Å². The highest BCUT2D eigenvalue weighted by Crippen LogP contribution is 2.39. The van der Waals surface area contributed by atoms with Gasteiger partial charge < -0.3 is 20.4 Å². The average molecular weight is 352 g/mol. The lowest BCUT2D eigenvalue weighted by Gasteiger charge is -2.12. The molecule has 2 aromatic carbocycles. The molecule has 138 valence electrons. The van der Waals surface area contributed by atoms with Crippen molar-refractivity contribution in [2.75, 3.05) is 65.0 Å². The number of hydrogen-bond donors (Lipinski definition) is 2. The van der Waals surface area contributed by atoms with Crippen molar-refractivity contribution in [1.29, 1.82) is 0 Å². The van der Waals surface area contributed by atoms with Crippen LogP contribution in [0.2, 0.25) is 0 Å². The maximum absolute atomic E-state index is 12.9. The van der Waals surface area contributed by atoms with Gasteiger partial charge >= 0.3 is 0 Å². The fourth-order valence-electron chi connectivity index (χ4n) is 3.15. The lowest BCUT2D eigenvalue weighted by Crippen LogP contribution is -2.20. The van der Waals surface area contributed by atoms with E-state index in [1.54, 1.807) is 0 Å². The Labute approximate surface area is 156 Å². The van der Waals surface area contributed by atoms with Crippen LogP contribution >= 0.6 is 0 Å². The first kappa shape index (κ1) is 18.4. The minimum Gasteiger partial charge on any atom is -0.384 e. The number of hydrogen-bond acceptors (Lipinski definition) is 5. The average Bonchev–Trinajstić information content (AvgIpc) is 2.86. The number of ketones is 1. The molecule has 0 bridgehead atoms. The highest BCUT2D eigenvalue weighted by Gasteiger charge is 2.27. The third-order valence-electron chi connectivity index (χ3n) is 4.59. The number of fused-ring (bicyclic) bond motifs is 3. The zero-order valence-electron chi connectivity index (χ0n) is 16.1. The quantitative estimate of drug-likeness (QED) is 0.653. The number of likely N-dealkylation sites (N-methyl/N-ethyl adjacent to an activating group) is 2. The smallest absolute Gasteiger partial charge is 0.194 e. The summed E-state index contributed by atoms with van der Waals surface area (Å²) in [4.78, 5) is 17.1. The summed E-state index contributed by atoms with van der Waals surface area (Å²) in [5, 5.41) is 6.78. The Hall–Kier alpha value is -2.37. The summed E-state index contributed by atoms with van der Waals surface area (Å²) < 4.78 is 0. The Bertz CT molecular complexity index is 733. The summed E-state index contributed by atoms with van der Waals surface area (Å²) in [7, 11) is 8.20. The third kappa shape index (κ3) is 4.06. The Morgan fingerprint density at radius 3 is 1.50 bits per heavy atom. The van der Waals surface area contributed by atoms with Crippen LogP contribution in [0.1, 0.15) is 15.9 Å². The first-order valence-corrected chi connectivity index (χ1v) is 9.06. The summed E-state index contributed by atoms with van der Waals surface area (Å²) in [6.45, 7) is 3.61. The number of anilines is 2. The van der Waals surface area contributed by atoms with Crippen molar-refractivity contribution in [2.24, 2.45) is 0 Å². The third-order valence-corrected chi connectivity index (χ3v) is 4.59. The second-order valence-corrected chi connectivity index (χ2v) is 7.31. The van der Waals surface area contributed by atoms with Crippen molar-refractivity contribution in [1.82, 2.24) is 9.80 Å². The molecule has 0 saturated heterocycles. The predicted octanol–water partition coefficient (Wildman–Crippen LogP) is 2.85.